The van der Waals surface area contributed by atoms with E-state index in [0.29, 0.717) is 23.2 Å². The van der Waals surface area contributed by atoms with Gasteiger partial charge in [-0.3, -0.25) is 14.1 Å². The molecule has 0 unspecified atom stereocenters. The molecule has 0 aliphatic rings. The Morgan fingerprint density at radius 1 is 1.11 bits per heavy atom. The van der Waals surface area contributed by atoms with E-state index >= 15 is 4.39 Å². The van der Waals surface area contributed by atoms with Gasteiger partial charge in [0.1, 0.15) is 29.2 Å². The molecular formula is C22H13F5N6O2. The number of anilines is 2. The van der Waals surface area contributed by atoms with Crippen LogP contribution in [-0.2, 0) is 12.7 Å². The van der Waals surface area contributed by atoms with E-state index in [4.69, 9.17) is 10.2 Å². The lowest BCUT2D eigenvalue weighted by molar-refractivity contribution is -0.137. The summed E-state index contributed by atoms with van der Waals surface area (Å²) in [6, 6.07) is 3.80. The summed E-state index contributed by atoms with van der Waals surface area (Å²) < 4.78 is 74.9. The maximum Gasteiger partial charge on any atom is 0.416 e. The van der Waals surface area contributed by atoms with Crippen LogP contribution in [0.5, 0.6) is 0 Å². The first-order chi connectivity index (χ1) is 16.6. The van der Waals surface area contributed by atoms with Crippen molar-refractivity contribution >= 4 is 34.3 Å². The van der Waals surface area contributed by atoms with Crippen molar-refractivity contribution in [2.75, 3.05) is 10.6 Å². The molecule has 0 aliphatic heterocycles. The molecule has 2 aromatic carbocycles. The lowest BCUT2D eigenvalue weighted by Gasteiger charge is -2.20. The van der Waals surface area contributed by atoms with Gasteiger partial charge in [-0.1, -0.05) is 6.07 Å². The van der Waals surface area contributed by atoms with E-state index in [-0.39, 0.29) is 22.9 Å². The fraction of sp³-hybridized carbons (Fsp3) is 0.0909. The summed E-state index contributed by atoms with van der Waals surface area (Å²) in [5.41, 5.74) is 4.86. The summed E-state index contributed by atoms with van der Waals surface area (Å²) in [7, 11) is 0. The van der Waals surface area contributed by atoms with Gasteiger partial charge in [0.15, 0.2) is 0 Å². The van der Waals surface area contributed by atoms with Crippen molar-refractivity contribution in [1.29, 1.82) is 0 Å². The number of imidazole rings is 1. The second kappa shape index (κ2) is 8.04. The molecule has 5 aromatic rings. The minimum absolute atomic E-state index is 0.104. The van der Waals surface area contributed by atoms with E-state index in [9.17, 15) is 22.4 Å². The molecule has 0 spiro atoms. The average molecular weight is 488 g/mol. The molecule has 5 rings (SSSR count). The van der Waals surface area contributed by atoms with Gasteiger partial charge in [0.2, 0.25) is 0 Å². The molecule has 0 fully saturated rings. The SMILES string of the molecule is Nc1nc2cc(F)c(C(=O)N(Cc3ccc(C(F)(F)F)cc3F)c3ncco3)cc2n2cncc12. The van der Waals surface area contributed by atoms with Crippen LogP contribution in [0.2, 0.25) is 0 Å². The van der Waals surface area contributed by atoms with E-state index in [0.717, 1.165) is 23.3 Å². The number of carbonyl (C=O) groups excluding carboxylic acids is 1. The monoisotopic (exact) mass is 488 g/mol. The molecule has 0 atom stereocenters. The van der Waals surface area contributed by atoms with Gasteiger partial charge in [-0.25, -0.2) is 23.7 Å². The van der Waals surface area contributed by atoms with Gasteiger partial charge in [0, 0.05) is 11.6 Å². The summed E-state index contributed by atoms with van der Waals surface area (Å²) in [5, 5.41) is 0. The second-order valence-electron chi connectivity index (χ2n) is 7.48. The van der Waals surface area contributed by atoms with Gasteiger partial charge in [0.05, 0.1) is 47.4 Å². The highest BCUT2D eigenvalue weighted by Crippen LogP contribution is 2.31. The summed E-state index contributed by atoms with van der Waals surface area (Å²) in [5.74, 6) is -3.04. The molecule has 8 nitrogen and oxygen atoms in total. The minimum atomic E-state index is -4.75. The number of rotatable bonds is 4. The van der Waals surface area contributed by atoms with Crippen LogP contribution in [0.25, 0.3) is 16.6 Å². The second-order valence-corrected chi connectivity index (χ2v) is 7.48. The normalized spacial score (nSPS) is 11.9. The largest absolute Gasteiger partial charge is 0.432 e. The van der Waals surface area contributed by atoms with Crippen molar-refractivity contribution in [3.8, 4) is 0 Å². The number of halogens is 5. The fourth-order valence-electron chi connectivity index (χ4n) is 3.60. The highest BCUT2D eigenvalue weighted by atomic mass is 19.4. The van der Waals surface area contributed by atoms with Gasteiger partial charge in [0.25, 0.3) is 5.91 Å². The third-order valence-corrected chi connectivity index (χ3v) is 5.30. The molecule has 3 aromatic heterocycles. The number of nitrogens with zero attached hydrogens (tertiary/aromatic N) is 5. The van der Waals surface area contributed by atoms with Crippen molar-refractivity contribution in [3.05, 3.63) is 83.6 Å². The van der Waals surface area contributed by atoms with Crippen LogP contribution < -0.4 is 10.6 Å². The molecule has 13 heteroatoms. The Kier molecular flexibility index (Phi) is 5.11. The van der Waals surface area contributed by atoms with Crippen LogP contribution in [0.3, 0.4) is 0 Å². The molecule has 178 valence electrons. The number of amides is 1. The van der Waals surface area contributed by atoms with Crippen molar-refractivity contribution in [2.24, 2.45) is 0 Å². The number of nitrogen functional groups attached to an aromatic ring is 1. The first kappa shape index (κ1) is 22.3. The number of hydrogen-bond donors (Lipinski definition) is 1. The van der Waals surface area contributed by atoms with Gasteiger partial charge in [-0.15, -0.1) is 0 Å². The zero-order valence-corrected chi connectivity index (χ0v) is 17.4. The van der Waals surface area contributed by atoms with Crippen molar-refractivity contribution < 1.29 is 31.2 Å². The maximum absolute atomic E-state index is 15.0. The lowest BCUT2D eigenvalue weighted by Crippen LogP contribution is -2.32. The van der Waals surface area contributed by atoms with Gasteiger partial charge in [-0.2, -0.15) is 13.2 Å². The first-order valence-electron chi connectivity index (χ1n) is 9.91. The molecule has 3 heterocycles. The summed E-state index contributed by atoms with van der Waals surface area (Å²) in [4.78, 5) is 26.2. The molecule has 0 radical (unpaired) electrons. The van der Waals surface area contributed by atoms with Gasteiger partial charge < -0.3 is 10.2 Å². The third-order valence-electron chi connectivity index (χ3n) is 5.30. The third kappa shape index (κ3) is 3.90. The highest BCUT2D eigenvalue weighted by Gasteiger charge is 2.32. The van der Waals surface area contributed by atoms with Crippen LogP contribution in [0.4, 0.5) is 33.8 Å². The number of carbonyl (C=O) groups is 1. The predicted molar refractivity (Wildman–Crippen MR) is 113 cm³/mol. The Balaban J connectivity index is 1.59. The molecule has 0 saturated heterocycles. The molecule has 0 saturated carbocycles. The topological polar surface area (TPSA) is 103 Å². The molecule has 35 heavy (non-hydrogen) atoms. The Hall–Kier alpha value is -4.55. The van der Waals surface area contributed by atoms with E-state index in [1.807, 2.05) is 0 Å². The van der Waals surface area contributed by atoms with E-state index < -0.39 is 41.4 Å². The van der Waals surface area contributed by atoms with Crippen LogP contribution >= 0.6 is 0 Å². The number of oxazole rings is 1. The van der Waals surface area contributed by atoms with Crippen molar-refractivity contribution in [1.82, 2.24) is 19.4 Å². The van der Waals surface area contributed by atoms with E-state index in [1.54, 1.807) is 0 Å². The number of fused-ring (bicyclic) bond motifs is 3. The highest BCUT2D eigenvalue weighted by molar-refractivity contribution is 6.07. The number of aromatic nitrogens is 4. The maximum atomic E-state index is 15.0. The standard InChI is InChI=1S/C22H13F5N6O2/c23-14-5-12(22(25,26)27)2-1-11(14)9-32(21-30-3-4-35-21)20(34)13-6-17-16(7-15(13)24)31-19(28)18-8-29-10-33(17)18/h1-8,10H,9H2,(H2,28,31). The quantitative estimate of drug-likeness (QED) is 0.371. The molecular weight excluding hydrogens is 475 g/mol. The zero-order chi connectivity index (χ0) is 24.9. The number of hydrogen-bond acceptors (Lipinski definition) is 6. The lowest BCUT2D eigenvalue weighted by atomic mass is 10.1. The predicted octanol–water partition coefficient (Wildman–Crippen LogP) is 4.60. The average Bonchev–Trinajstić information content (AvgIpc) is 3.50. The molecule has 2 N–H and O–H groups in total. The number of nitrogens with two attached hydrogens (primary N) is 1. The summed E-state index contributed by atoms with van der Waals surface area (Å²) in [6.45, 7) is -0.582. The van der Waals surface area contributed by atoms with Crippen LogP contribution in [0, 0.1) is 11.6 Å². The molecule has 0 aliphatic carbocycles. The molecule has 0 bridgehead atoms. The van der Waals surface area contributed by atoms with Crippen LogP contribution in [0.15, 0.2) is 59.7 Å². The fourth-order valence-corrected chi connectivity index (χ4v) is 3.60. The van der Waals surface area contributed by atoms with Gasteiger partial charge >= 0.3 is 12.2 Å². The van der Waals surface area contributed by atoms with Crippen LogP contribution in [0.1, 0.15) is 21.5 Å². The summed E-state index contributed by atoms with van der Waals surface area (Å²) >= 11 is 0. The summed E-state index contributed by atoms with van der Waals surface area (Å²) in [6.07, 6.45) is 0.445. The Morgan fingerprint density at radius 3 is 2.60 bits per heavy atom. The van der Waals surface area contributed by atoms with Gasteiger partial charge in [-0.05, 0) is 18.2 Å². The van der Waals surface area contributed by atoms with E-state index in [1.165, 1.54) is 29.2 Å². The Bertz CT molecular complexity index is 1580. The van der Waals surface area contributed by atoms with Crippen molar-refractivity contribution in [3.63, 3.8) is 0 Å². The molecule has 1 amide bonds. The van der Waals surface area contributed by atoms with E-state index in [2.05, 4.69) is 15.0 Å². The zero-order valence-electron chi connectivity index (χ0n) is 17.4. The Morgan fingerprint density at radius 2 is 1.91 bits per heavy atom. The van der Waals surface area contributed by atoms with Crippen molar-refractivity contribution in [2.45, 2.75) is 12.7 Å². The number of alkyl halides is 3. The minimum Gasteiger partial charge on any atom is -0.432 e. The van der Waals surface area contributed by atoms with Crippen LogP contribution in [-0.4, -0.2) is 25.3 Å². The first-order valence-corrected chi connectivity index (χ1v) is 9.91. The number of benzene rings is 2. The Labute approximate surface area is 192 Å². The smallest absolute Gasteiger partial charge is 0.416 e.